The van der Waals surface area contributed by atoms with Gasteiger partial charge in [0.15, 0.2) is 0 Å². The first kappa shape index (κ1) is 15.2. The summed E-state index contributed by atoms with van der Waals surface area (Å²) in [6, 6.07) is 0. The molecule has 0 amide bonds. The Hall–Kier alpha value is -0.890. The van der Waals surface area contributed by atoms with Crippen LogP contribution >= 0.6 is 11.6 Å². The van der Waals surface area contributed by atoms with E-state index >= 15 is 0 Å². The van der Waals surface area contributed by atoms with Gasteiger partial charge in [0.2, 0.25) is 0 Å². The number of rotatable bonds is 5. The van der Waals surface area contributed by atoms with E-state index in [0.717, 1.165) is 24.0 Å². The van der Waals surface area contributed by atoms with E-state index in [4.69, 9.17) is 17.3 Å². The lowest BCUT2D eigenvalue weighted by Gasteiger charge is -2.26. The van der Waals surface area contributed by atoms with Gasteiger partial charge in [-0.2, -0.15) is 0 Å². The molecule has 0 saturated heterocycles. The lowest BCUT2D eigenvalue weighted by Crippen LogP contribution is -2.28. The highest BCUT2D eigenvalue weighted by molar-refractivity contribution is 6.31. The molecule has 2 nitrogen and oxygen atoms in total. The third-order valence-corrected chi connectivity index (χ3v) is 4.11. The topological polar surface area (TPSA) is 38.0 Å². The third-order valence-electron chi connectivity index (χ3n) is 3.66. The van der Waals surface area contributed by atoms with Crippen molar-refractivity contribution in [3.63, 3.8) is 0 Å². The van der Waals surface area contributed by atoms with Gasteiger partial charge in [0.25, 0.3) is 0 Å². The fourth-order valence-electron chi connectivity index (χ4n) is 2.31. The molecule has 0 atom stereocenters. The number of halogens is 1. The van der Waals surface area contributed by atoms with E-state index in [9.17, 15) is 0 Å². The minimum Gasteiger partial charge on any atom is -0.386 e. The molecule has 0 spiro atoms. The fourth-order valence-corrected chi connectivity index (χ4v) is 2.36. The maximum Gasteiger partial charge on any atom is 0.0963 e. The van der Waals surface area contributed by atoms with Crippen molar-refractivity contribution in [2.45, 2.75) is 39.5 Å². The number of nitrogens with two attached hydrogens (primary N) is 1. The fraction of sp³-hybridized carbons (Fsp3) is 0.600. The highest BCUT2D eigenvalue weighted by Gasteiger charge is 2.17. The third kappa shape index (κ3) is 5.18. The van der Waals surface area contributed by atoms with Gasteiger partial charge in [0, 0.05) is 11.6 Å². The van der Waals surface area contributed by atoms with Gasteiger partial charge in [-0.25, -0.2) is 0 Å². The Bertz CT molecular complexity index is 336. The molecule has 0 aromatic heterocycles. The van der Waals surface area contributed by atoms with Crippen LogP contribution in [0.1, 0.15) is 39.5 Å². The SMILES string of the molecule is C=C/C(Cl)=C(C)\C=C(/N)NCC1CCC(C)CC1. The predicted molar refractivity (Wildman–Crippen MR) is 80.1 cm³/mol. The molecule has 0 aliphatic heterocycles. The van der Waals surface area contributed by atoms with Crippen LogP contribution < -0.4 is 11.1 Å². The van der Waals surface area contributed by atoms with Crippen LogP contribution in [0.15, 0.2) is 35.2 Å². The Morgan fingerprint density at radius 2 is 2.00 bits per heavy atom. The van der Waals surface area contributed by atoms with E-state index < -0.39 is 0 Å². The summed E-state index contributed by atoms with van der Waals surface area (Å²) >= 11 is 5.96. The molecular formula is C15H25ClN2. The first-order valence-electron chi connectivity index (χ1n) is 6.72. The zero-order valence-corrected chi connectivity index (χ0v) is 12.3. The van der Waals surface area contributed by atoms with Crippen molar-refractivity contribution in [1.29, 1.82) is 0 Å². The lowest BCUT2D eigenvalue weighted by atomic mass is 9.83. The smallest absolute Gasteiger partial charge is 0.0963 e. The highest BCUT2D eigenvalue weighted by atomic mass is 35.5. The summed E-state index contributed by atoms with van der Waals surface area (Å²) in [4.78, 5) is 0. The molecule has 3 N–H and O–H groups in total. The quantitative estimate of drug-likeness (QED) is 0.742. The molecule has 0 aromatic rings. The summed E-state index contributed by atoms with van der Waals surface area (Å²) in [5, 5.41) is 3.93. The molecule has 0 heterocycles. The molecule has 1 saturated carbocycles. The van der Waals surface area contributed by atoms with E-state index in [0.29, 0.717) is 10.9 Å². The molecule has 1 aliphatic rings. The first-order chi connectivity index (χ1) is 8.52. The van der Waals surface area contributed by atoms with Crippen LogP contribution in [-0.2, 0) is 0 Å². The zero-order chi connectivity index (χ0) is 13.5. The highest BCUT2D eigenvalue weighted by Crippen LogP contribution is 2.27. The van der Waals surface area contributed by atoms with Gasteiger partial charge < -0.3 is 11.1 Å². The second kappa shape index (κ2) is 7.52. The van der Waals surface area contributed by atoms with Crippen LogP contribution in [0.25, 0.3) is 0 Å². The van der Waals surface area contributed by atoms with Crippen molar-refractivity contribution in [3.05, 3.63) is 35.2 Å². The average Bonchev–Trinajstić information content (AvgIpc) is 2.37. The minimum absolute atomic E-state index is 0.645. The zero-order valence-electron chi connectivity index (χ0n) is 11.5. The van der Waals surface area contributed by atoms with Crippen LogP contribution in [0.5, 0.6) is 0 Å². The van der Waals surface area contributed by atoms with Gasteiger partial charge in [-0.15, -0.1) is 0 Å². The van der Waals surface area contributed by atoms with Crippen LogP contribution in [0.4, 0.5) is 0 Å². The lowest BCUT2D eigenvalue weighted by molar-refractivity contribution is 0.286. The number of nitrogens with one attached hydrogen (secondary N) is 1. The van der Waals surface area contributed by atoms with Crippen molar-refractivity contribution in [2.24, 2.45) is 17.6 Å². The summed E-state index contributed by atoms with van der Waals surface area (Å²) in [5.74, 6) is 2.34. The van der Waals surface area contributed by atoms with Crippen molar-refractivity contribution < 1.29 is 0 Å². The molecule has 0 unspecified atom stereocenters. The van der Waals surface area contributed by atoms with Crippen molar-refractivity contribution in [1.82, 2.24) is 5.32 Å². The largest absolute Gasteiger partial charge is 0.386 e. The maximum atomic E-state index is 5.96. The predicted octanol–water partition coefficient (Wildman–Crippen LogP) is 3.90. The number of hydrogen-bond acceptors (Lipinski definition) is 2. The second-order valence-electron chi connectivity index (χ2n) is 5.34. The molecule has 1 rings (SSSR count). The summed E-state index contributed by atoms with van der Waals surface area (Å²) < 4.78 is 0. The Kier molecular flexibility index (Phi) is 6.34. The first-order valence-corrected chi connectivity index (χ1v) is 7.10. The molecule has 18 heavy (non-hydrogen) atoms. The van der Waals surface area contributed by atoms with E-state index in [1.54, 1.807) is 6.08 Å². The van der Waals surface area contributed by atoms with E-state index in [1.807, 2.05) is 13.0 Å². The van der Waals surface area contributed by atoms with Crippen molar-refractivity contribution in [2.75, 3.05) is 6.54 Å². The van der Waals surface area contributed by atoms with Crippen LogP contribution in [-0.4, -0.2) is 6.54 Å². The Balaban J connectivity index is 2.39. The molecule has 0 bridgehead atoms. The molecule has 0 radical (unpaired) electrons. The van der Waals surface area contributed by atoms with E-state index in [-0.39, 0.29) is 0 Å². The van der Waals surface area contributed by atoms with Crippen LogP contribution in [0.3, 0.4) is 0 Å². The Morgan fingerprint density at radius 1 is 1.39 bits per heavy atom. The van der Waals surface area contributed by atoms with Crippen molar-refractivity contribution >= 4 is 11.6 Å². The Labute approximate surface area is 116 Å². The molecule has 3 heteroatoms. The maximum absolute atomic E-state index is 5.96. The summed E-state index contributed by atoms with van der Waals surface area (Å²) in [6.07, 6.45) is 8.81. The molecule has 0 aromatic carbocycles. The van der Waals surface area contributed by atoms with Gasteiger partial charge in [0.1, 0.15) is 0 Å². The normalized spacial score (nSPS) is 26.5. The van der Waals surface area contributed by atoms with Gasteiger partial charge >= 0.3 is 0 Å². The number of allylic oxidation sites excluding steroid dienone is 4. The summed E-state index contributed by atoms with van der Waals surface area (Å²) in [5.41, 5.74) is 6.87. The van der Waals surface area contributed by atoms with E-state index in [1.165, 1.54) is 25.7 Å². The number of hydrogen-bond donors (Lipinski definition) is 2. The van der Waals surface area contributed by atoms with Gasteiger partial charge in [-0.3, -0.25) is 0 Å². The molecule has 102 valence electrons. The van der Waals surface area contributed by atoms with Gasteiger partial charge in [0.05, 0.1) is 5.82 Å². The second-order valence-corrected chi connectivity index (χ2v) is 5.75. The van der Waals surface area contributed by atoms with E-state index in [2.05, 4.69) is 18.8 Å². The molecule has 1 aliphatic carbocycles. The van der Waals surface area contributed by atoms with Crippen molar-refractivity contribution in [3.8, 4) is 0 Å². The average molecular weight is 269 g/mol. The minimum atomic E-state index is 0.645. The monoisotopic (exact) mass is 268 g/mol. The Morgan fingerprint density at radius 3 is 2.56 bits per heavy atom. The summed E-state index contributed by atoms with van der Waals surface area (Å²) in [6.45, 7) is 8.87. The summed E-state index contributed by atoms with van der Waals surface area (Å²) in [7, 11) is 0. The van der Waals surface area contributed by atoms with Crippen LogP contribution in [0, 0.1) is 11.8 Å². The van der Waals surface area contributed by atoms with Crippen LogP contribution in [0.2, 0.25) is 0 Å². The molecule has 1 fully saturated rings. The standard InChI is InChI=1S/C15H25ClN2/c1-4-14(16)12(3)9-15(17)18-10-13-7-5-11(2)6-8-13/h4,9,11,13,18H,1,5-8,10,17H2,2-3H3/b14-12+,15-9+. The van der Waals surface area contributed by atoms with Gasteiger partial charge in [-0.1, -0.05) is 44.0 Å². The van der Waals surface area contributed by atoms with Gasteiger partial charge in [-0.05, 0) is 43.3 Å². The molecular weight excluding hydrogens is 244 g/mol.